The highest BCUT2D eigenvalue weighted by molar-refractivity contribution is 6.33. The molecule has 2 saturated heterocycles. The lowest BCUT2D eigenvalue weighted by Crippen LogP contribution is -2.58. The topological polar surface area (TPSA) is 108 Å². The second-order valence-electron chi connectivity index (χ2n) is 4.83. The van der Waals surface area contributed by atoms with Gasteiger partial charge in [-0.25, -0.2) is 0 Å². The maximum absolute atomic E-state index is 12.6. The highest BCUT2D eigenvalue weighted by Crippen LogP contribution is 2.23. The molecule has 22 heavy (non-hydrogen) atoms. The Bertz CT molecular complexity index is 633. The van der Waals surface area contributed by atoms with Crippen LogP contribution in [-0.4, -0.2) is 53.5 Å². The zero-order chi connectivity index (χ0) is 16.3. The van der Waals surface area contributed by atoms with Crippen molar-refractivity contribution in [3.05, 3.63) is 11.8 Å². The van der Waals surface area contributed by atoms with Crippen LogP contribution < -0.4 is 5.32 Å². The molecule has 2 aliphatic heterocycles. The van der Waals surface area contributed by atoms with Gasteiger partial charge in [-0.2, -0.15) is 0 Å². The van der Waals surface area contributed by atoms with Crippen LogP contribution in [0.15, 0.2) is 21.8 Å². The smallest absolute Gasteiger partial charge is 0.264 e. The Hall–Kier alpha value is -2.64. The molecule has 1 unspecified atom stereocenters. The monoisotopic (exact) mass is 304 g/mol. The number of amides is 4. The highest BCUT2D eigenvalue weighted by atomic mass is 16.2. The summed E-state index contributed by atoms with van der Waals surface area (Å²) < 4.78 is 0. The molecule has 0 radical (unpaired) electrons. The molecular weight excluding hydrogens is 288 g/mol. The molecule has 116 valence electrons. The van der Waals surface area contributed by atoms with Crippen LogP contribution >= 0.6 is 0 Å². The van der Waals surface area contributed by atoms with Gasteiger partial charge in [-0.05, 0) is 13.3 Å². The van der Waals surface area contributed by atoms with Crippen LogP contribution in [0.3, 0.4) is 0 Å². The molecule has 0 spiro atoms. The summed E-state index contributed by atoms with van der Waals surface area (Å²) >= 11 is 0. The molecule has 0 bridgehead atoms. The number of carbonyl (C=O) groups excluding carboxylic acids is 4. The summed E-state index contributed by atoms with van der Waals surface area (Å²) in [6.45, 7) is 1.69. The van der Waals surface area contributed by atoms with E-state index >= 15 is 0 Å². The van der Waals surface area contributed by atoms with Crippen molar-refractivity contribution in [3.8, 4) is 0 Å². The van der Waals surface area contributed by atoms with Crippen LogP contribution in [0, 0.1) is 0 Å². The molecule has 0 saturated carbocycles. The first-order chi connectivity index (χ1) is 10.5. The standard InChI is InChI=1S/C14H16N4O4/c1-3-16-7-8-9(15-2)6-12(20)18(14(8)22)10-4-5-11(19)17-13(10)21/h3,7,10H,4-6H2,1-2H3,(H,17,19,21)/b8-7+,15-9?,16-3?. The minimum atomic E-state index is -0.967. The summed E-state index contributed by atoms with van der Waals surface area (Å²) in [6.07, 6.45) is 2.97. The lowest BCUT2D eigenvalue weighted by Gasteiger charge is -2.34. The van der Waals surface area contributed by atoms with Gasteiger partial charge in [0.05, 0.1) is 17.7 Å². The zero-order valence-electron chi connectivity index (χ0n) is 12.3. The molecule has 0 aromatic heterocycles. The SMILES string of the molecule is CC=N/C=C1/C(=O)N(C2CCC(=O)NC2=O)C(=O)CC1=NC. The Balaban J connectivity index is 2.36. The van der Waals surface area contributed by atoms with Gasteiger partial charge in [0, 0.05) is 25.9 Å². The van der Waals surface area contributed by atoms with E-state index in [1.807, 2.05) is 0 Å². The maximum atomic E-state index is 12.6. The molecule has 2 heterocycles. The maximum Gasteiger partial charge on any atom is 0.264 e. The first kappa shape index (κ1) is 15.7. The average molecular weight is 304 g/mol. The van der Waals surface area contributed by atoms with Crippen LogP contribution in [0.2, 0.25) is 0 Å². The van der Waals surface area contributed by atoms with Crippen molar-refractivity contribution in [1.29, 1.82) is 0 Å². The third-order valence-electron chi connectivity index (χ3n) is 3.49. The van der Waals surface area contributed by atoms with Crippen LogP contribution in [-0.2, 0) is 19.2 Å². The van der Waals surface area contributed by atoms with Gasteiger partial charge < -0.3 is 0 Å². The van der Waals surface area contributed by atoms with Crippen LogP contribution in [0.1, 0.15) is 26.2 Å². The summed E-state index contributed by atoms with van der Waals surface area (Å²) in [7, 11) is 1.49. The minimum Gasteiger partial charge on any atom is -0.295 e. The van der Waals surface area contributed by atoms with Gasteiger partial charge in [-0.3, -0.25) is 39.4 Å². The third kappa shape index (κ3) is 2.85. The van der Waals surface area contributed by atoms with E-state index in [9.17, 15) is 19.2 Å². The number of aliphatic imine (C=N–C) groups is 2. The molecule has 8 nitrogen and oxygen atoms in total. The summed E-state index contributed by atoms with van der Waals surface area (Å²) in [5.74, 6) is -2.15. The van der Waals surface area contributed by atoms with Gasteiger partial charge in [0.25, 0.3) is 5.91 Å². The number of nitrogens with one attached hydrogen (secondary N) is 1. The Morgan fingerprint density at radius 3 is 2.59 bits per heavy atom. The number of nitrogens with zero attached hydrogens (tertiary/aromatic N) is 3. The number of imide groups is 2. The van der Waals surface area contributed by atoms with Gasteiger partial charge in [0.2, 0.25) is 17.7 Å². The Morgan fingerprint density at radius 2 is 2.00 bits per heavy atom. The number of piperidine rings is 2. The second kappa shape index (κ2) is 6.42. The number of likely N-dealkylation sites (tertiary alicyclic amines) is 1. The molecule has 1 N–H and O–H groups in total. The van der Waals surface area contributed by atoms with E-state index < -0.39 is 29.7 Å². The molecule has 4 amide bonds. The van der Waals surface area contributed by atoms with Crippen molar-refractivity contribution in [1.82, 2.24) is 10.2 Å². The molecule has 8 heteroatoms. The van der Waals surface area contributed by atoms with Crippen molar-refractivity contribution >= 4 is 35.6 Å². The van der Waals surface area contributed by atoms with Gasteiger partial charge >= 0.3 is 0 Å². The van der Waals surface area contributed by atoms with E-state index in [1.54, 1.807) is 6.92 Å². The fourth-order valence-corrected chi connectivity index (χ4v) is 2.41. The van der Waals surface area contributed by atoms with E-state index in [2.05, 4.69) is 15.3 Å². The van der Waals surface area contributed by atoms with Crippen LogP contribution in [0.25, 0.3) is 0 Å². The lowest BCUT2D eigenvalue weighted by atomic mass is 9.96. The Kier molecular flexibility index (Phi) is 4.59. The minimum absolute atomic E-state index is 0.0783. The van der Waals surface area contributed by atoms with Crippen molar-refractivity contribution in [2.45, 2.75) is 32.2 Å². The van der Waals surface area contributed by atoms with Gasteiger partial charge in [-0.15, -0.1) is 0 Å². The number of hydrogen-bond acceptors (Lipinski definition) is 6. The zero-order valence-corrected chi connectivity index (χ0v) is 12.3. The highest BCUT2D eigenvalue weighted by Gasteiger charge is 2.43. The Labute approximate surface area is 127 Å². The normalized spacial score (nSPS) is 27.2. The summed E-state index contributed by atoms with van der Waals surface area (Å²) in [6, 6.07) is -0.967. The largest absolute Gasteiger partial charge is 0.295 e. The molecule has 1 atom stereocenters. The first-order valence-corrected chi connectivity index (χ1v) is 6.83. The lowest BCUT2D eigenvalue weighted by molar-refractivity contribution is -0.153. The first-order valence-electron chi connectivity index (χ1n) is 6.83. The average Bonchev–Trinajstić information content (AvgIpc) is 2.48. The molecule has 0 aliphatic carbocycles. The molecule has 0 aromatic rings. The van der Waals surface area contributed by atoms with E-state index in [1.165, 1.54) is 19.5 Å². The third-order valence-corrected chi connectivity index (χ3v) is 3.49. The van der Waals surface area contributed by atoms with Crippen molar-refractivity contribution in [2.24, 2.45) is 9.98 Å². The van der Waals surface area contributed by atoms with E-state index in [0.717, 1.165) is 4.90 Å². The van der Waals surface area contributed by atoms with Gasteiger partial charge in [0.1, 0.15) is 6.04 Å². The summed E-state index contributed by atoms with van der Waals surface area (Å²) in [5, 5.41) is 2.15. The van der Waals surface area contributed by atoms with Gasteiger partial charge in [-0.1, -0.05) is 0 Å². The fraction of sp³-hybridized carbons (Fsp3) is 0.429. The number of carbonyl (C=O) groups is 4. The van der Waals surface area contributed by atoms with Crippen molar-refractivity contribution in [3.63, 3.8) is 0 Å². The molecule has 2 fully saturated rings. The summed E-state index contributed by atoms with van der Waals surface area (Å²) in [4.78, 5) is 56.6. The predicted octanol–water partition coefficient (Wildman–Crippen LogP) is -0.404. The molecule has 0 aromatic carbocycles. The fourth-order valence-electron chi connectivity index (χ4n) is 2.41. The Morgan fingerprint density at radius 1 is 1.27 bits per heavy atom. The molecule has 2 rings (SSSR count). The molecule has 2 aliphatic rings. The van der Waals surface area contributed by atoms with Gasteiger partial charge in [0.15, 0.2) is 0 Å². The van der Waals surface area contributed by atoms with E-state index in [4.69, 9.17) is 0 Å². The van der Waals surface area contributed by atoms with E-state index in [0.29, 0.717) is 5.71 Å². The van der Waals surface area contributed by atoms with Crippen LogP contribution in [0.4, 0.5) is 0 Å². The van der Waals surface area contributed by atoms with Crippen LogP contribution in [0.5, 0.6) is 0 Å². The number of rotatable bonds is 2. The second-order valence-corrected chi connectivity index (χ2v) is 4.83. The summed E-state index contributed by atoms with van der Waals surface area (Å²) in [5.41, 5.74) is 0.522. The van der Waals surface area contributed by atoms with Crippen molar-refractivity contribution in [2.75, 3.05) is 7.05 Å². The molecular formula is C14H16N4O4. The predicted molar refractivity (Wildman–Crippen MR) is 78.2 cm³/mol. The van der Waals surface area contributed by atoms with Crippen molar-refractivity contribution < 1.29 is 19.2 Å². The van der Waals surface area contributed by atoms with E-state index in [-0.39, 0.29) is 24.8 Å². The quantitative estimate of drug-likeness (QED) is 0.425. The number of hydrogen-bond donors (Lipinski definition) is 1.